The van der Waals surface area contributed by atoms with Crippen molar-refractivity contribution in [1.82, 2.24) is 34.0 Å². The molecule has 2 aromatic carbocycles. The number of sulfonamides is 2. The first-order chi connectivity index (χ1) is 22.8. The molecule has 2 aromatic heterocycles. The molecular formula is C25H25Cl2F2N9O9S2. The fraction of sp³-hybridized carbons (Fsp3) is 0.240. The SMILES string of the molecule is COC(=O)c1ccccc1S(=O)(=O)NC(=O)Nc1nc(C)nc(OC)n1.Cc1nn(-c2cc(NS(C)(=O)=O)c(Cl)cc2Cl)c(=O)n1C(F)F. The maximum absolute atomic E-state index is 12.8. The first-order valence-corrected chi connectivity index (χ1v) is 17.1. The molecule has 2 amide bonds. The lowest BCUT2D eigenvalue weighted by Gasteiger charge is -2.11. The number of benzene rings is 2. The predicted octanol–water partition coefficient (Wildman–Crippen LogP) is 2.90. The van der Waals surface area contributed by atoms with E-state index in [1.165, 1.54) is 45.2 Å². The number of hydrogen-bond acceptors (Lipinski definition) is 13. The average Bonchev–Trinajstić information content (AvgIpc) is 3.30. The summed E-state index contributed by atoms with van der Waals surface area (Å²) in [5.41, 5.74) is -1.49. The van der Waals surface area contributed by atoms with E-state index >= 15 is 0 Å². The number of urea groups is 1. The number of ether oxygens (including phenoxy) is 2. The van der Waals surface area contributed by atoms with E-state index < -0.39 is 49.2 Å². The van der Waals surface area contributed by atoms with Crippen LogP contribution in [0.1, 0.15) is 28.6 Å². The molecule has 49 heavy (non-hydrogen) atoms. The summed E-state index contributed by atoms with van der Waals surface area (Å²) in [4.78, 5) is 46.8. The molecule has 0 spiro atoms. The molecule has 0 aliphatic carbocycles. The number of nitrogens with zero attached hydrogens (tertiary/aromatic N) is 6. The van der Waals surface area contributed by atoms with Crippen molar-refractivity contribution in [3.8, 4) is 11.7 Å². The van der Waals surface area contributed by atoms with E-state index in [2.05, 4.69) is 34.8 Å². The summed E-state index contributed by atoms with van der Waals surface area (Å²) in [5.74, 6) is -1.04. The summed E-state index contributed by atoms with van der Waals surface area (Å²) in [6.45, 7) is -0.309. The molecule has 2 heterocycles. The number of carbonyl (C=O) groups excluding carboxylic acids is 2. The molecular weight excluding hydrogens is 743 g/mol. The number of hydrogen-bond donors (Lipinski definition) is 3. The van der Waals surface area contributed by atoms with Crippen LogP contribution in [-0.2, 0) is 24.8 Å². The molecule has 0 fully saturated rings. The number of aromatic nitrogens is 6. The minimum atomic E-state index is -4.36. The van der Waals surface area contributed by atoms with Crippen molar-refractivity contribution in [2.75, 3.05) is 30.5 Å². The van der Waals surface area contributed by atoms with Crippen molar-refractivity contribution in [3.63, 3.8) is 0 Å². The molecule has 0 radical (unpaired) electrons. The Morgan fingerprint density at radius 2 is 1.63 bits per heavy atom. The smallest absolute Gasteiger partial charge is 0.355 e. The van der Waals surface area contributed by atoms with Gasteiger partial charge in [-0.3, -0.25) is 10.0 Å². The van der Waals surface area contributed by atoms with Gasteiger partial charge in [0.1, 0.15) is 16.5 Å². The van der Waals surface area contributed by atoms with Gasteiger partial charge in [-0.05, 0) is 38.1 Å². The van der Waals surface area contributed by atoms with Crippen LogP contribution in [0.3, 0.4) is 0 Å². The van der Waals surface area contributed by atoms with Crippen LogP contribution in [-0.4, -0.2) is 78.6 Å². The van der Waals surface area contributed by atoms with Gasteiger partial charge in [0.25, 0.3) is 10.0 Å². The van der Waals surface area contributed by atoms with E-state index in [1.807, 2.05) is 0 Å². The van der Waals surface area contributed by atoms with Crippen molar-refractivity contribution in [1.29, 1.82) is 0 Å². The number of amides is 2. The van der Waals surface area contributed by atoms with Crippen molar-refractivity contribution in [2.45, 2.75) is 25.3 Å². The molecule has 264 valence electrons. The number of carbonyl (C=O) groups is 2. The Morgan fingerprint density at radius 1 is 0.980 bits per heavy atom. The largest absolute Gasteiger partial charge is 0.467 e. The van der Waals surface area contributed by atoms with Gasteiger partial charge < -0.3 is 9.47 Å². The van der Waals surface area contributed by atoms with Crippen LogP contribution in [0.5, 0.6) is 6.01 Å². The third-order valence-corrected chi connectivity index (χ3v) is 8.27. The maximum Gasteiger partial charge on any atom is 0.355 e. The van der Waals surface area contributed by atoms with E-state index in [-0.39, 0.29) is 55.2 Å². The number of alkyl halides is 2. The molecule has 4 rings (SSSR count). The summed E-state index contributed by atoms with van der Waals surface area (Å²) >= 11 is 11.8. The third kappa shape index (κ3) is 9.81. The van der Waals surface area contributed by atoms with Gasteiger partial charge in [0.15, 0.2) is 0 Å². The van der Waals surface area contributed by atoms with Crippen molar-refractivity contribution in [3.05, 3.63) is 74.1 Å². The van der Waals surface area contributed by atoms with Crippen LogP contribution >= 0.6 is 23.2 Å². The zero-order valence-corrected chi connectivity index (χ0v) is 28.9. The van der Waals surface area contributed by atoms with Crippen molar-refractivity contribution < 1.29 is 44.7 Å². The molecule has 0 unspecified atom stereocenters. The van der Waals surface area contributed by atoms with Gasteiger partial charge in [-0.2, -0.15) is 28.4 Å². The third-order valence-electron chi connectivity index (χ3n) is 5.68. The topological polar surface area (TPSA) is 235 Å². The van der Waals surface area contributed by atoms with Crippen LogP contribution in [0.4, 0.5) is 25.2 Å². The Kier molecular flexibility index (Phi) is 12.2. The Balaban J connectivity index is 0.000000267. The molecule has 3 N–H and O–H groups in total. The number of esters is 1. The van der Waals surface area contributed by atoms with Gasteiger partial charge in [-0.25, -0.2) is 40.5 Å². The molecule has 24 heteroatoms. The quantitative estimate of drug-likeness (QED) is 0.208. The highest BCUT2D eigenvalue weighted by molar-refractivity contribution is 7.92. The lowest BCUT2D eigenvalue weighted by Crippen LogP contribution is -2.35. The van der Waals surface area contributed by atoms with E-state index in [0.717, 1.165) is 25.5 Å². The molecule has 4 aromatic rings. The monoisotopic (exact) mass is 767 g/mol. The Morgan fingerprint density at radius 3 is 2.20 bits per heavy atom. The molecule has 0 saturated carbocycles. The van der Waals surface area contributed by atoms with Crippen LogP contribution in [0.25, 0.3) is 5.69 Å². The zero-order valence-electron chi connectivity index (χ0n) is 25.7. The number of anilines is 2. The second-order valence-electron chi connectivity index (χ2n) is 9.29. The number of nitrogens with one attached hydrogen (secondary N) is 3. The maximum atomic E-state index is 12.8. The lowest BCUT2D eigenvalue weighted by atomic mass is 10.2. The van der Waals surface area contributed by atoms with E-state index in [0.29, 0.717) is 4.68 Å². The van der Waals surface area contributed by atoms with Gasteiger partial charge in [-0.1, -0.05) is 35.3 Å². The highest BCUT2D eigenvalue weighted by Crippen LogP contribution is 2.31. The van der Waals surface area contributed by atoms with Gasteiger partial charge in [0.05, 0.1) is 47.5 Å². The van der Waals surface area contributed by atoms with Gasteiger partial charge in [-0.15, -0.1) is 5.10 Å². The number of methoxy groups -OCH3 is 2. The molecule has 0 saturated heterocycles. The van der Waals surface area contributed by atoms with E-state index in [4.69, 9.17) is 27.9 Å². The first-order valence-electron chi connectivity index (χ1n) is 13.0. The van der Waals surface area contributed by atoms with Crippen LogP contribution in [0.15, 0.2) is 46.1 Å². The van der Waals surface area contributed by atoms with E-state index in [1.54, 1.807) is 4.72 Å². The second kappa shape index (κ2) is 15.5. The normalized spacial score (nSPS) is 11.3. The van der Waals surface area contributed by atoms with Gasteiger partial charge >= 0.3 is 30.3 Å². The lowest BCUT2D eigenvalue weighted by molar-refractivity contribution is 0.0595. The highest BCUT2D eigenvalue weighted by atomic mass is 35.5. The van der Waals surface area contributed by atoms with Gasteiger partial charge in [0.2, 0.25) is 16.0 Å². The van der Waals surface area contributed by atoms with Crippen LogP contribution in [0, 0.1) is 13.8 Å². The minimum absolute atomic E-state index is 0.0257. The van der Waals surface area contributed by atoms with Crippen molar-refractivity contribution in [2.24, 2.45) is 0 Å². The standard InChI is InChI=1S/C14H15N5O6S.C11H10Cl2F2N4O3S/c1-8-15-12(18-14(16-8)25-3)17-13(21)19-26(22,23)10-7-5-4-6-9(10)11(20)24-2;1-5-16-19(11(20)18(5)10(14)15)9-4-8(17-23(2,21)22)6(12)3-7(9)13/h4-7H,1-3H3,(H2,15,16,17,18,19,21);3-4,10,17H,1-2H3. The Bertz CT molecular complexity index is 2180. The van der Waals surface area contributed by atoms with Crippen molar-refractivity contribution >= 4 is 66.9 Å². The summed E-state index contributed by atoms with van der Waals surface area (Å²) in [5, 5.41) is 5.78. The highest BCUT2D eigenvalue weighted by Gasteiger charge is 2.25. The average molecular weight is 769 g/mol. The summed E-state index contributed by atoms with van der Waals surface area (Å²) in [6, 6.07) is 6.43. The molecule has 18 nitrogen and oxygen atoms in total. The fourth-order valence-corrected chi connectivity index (χ4v) is 5.96. The Hall–Kier alpha value is -4.93. The fourth-order valence-electron chi connectivity index (χ4n) is 3.72. The first kappa shape index (κ1) is 38.5. The number of rotatable bonds is 9. The van der Waals surface area contributed by atoms with Crippen LogP contribution in [0.2, 0.25) is 10.0 Å². The molecule has 0 bridgehead atoms. The zero-order chi connectivity index (χ0) is 36.8. The Labute approximate surface area is 286 Å². The molecule has 0 atom stereocenters. The second-order valence-corrected chi connectivity index (χ2v) is 13.5. The molecule has 0 aliphatic rings. The number of aryl methyl sites for hydroxylation is 2. The van der Waals surface area contributed by atoms with E-state index in [9.17, 15) is 40.0 Å². The van der Waals surface area contributed by atoms with Crippen LogP contribution < -0.4 is 25.2 Å². The summed E-state index contributed by atoms with van der Waals surface area (Å²) in [6.07, 6.45) is 0.902. The summed E-state index contributed by atoms with van der Waals surface area (Å²) < 4.78 is 87.2. The minimum Gasteiger partial charge on any atom is -0.467 e. The van der Waals surface area contributed by atoms with Gasteiger partial charge in [0, 0.05) is 0 Å². The summed E-state index contributed by atoms with van der Waals surface area (Å²) in [7, 11) is -5.57. The predicted molar refractivity (Wildman–Crippen MR) is 171 cm³/mol. The molecule has 0 aliphatic heterocycles. The number of halogens is 4.